The standard InChI is InChI=1S/C47H99N3O3/c1-5-8-11-14-17-20-23-26-29-32-35-45(51)42-48-38-39-49(4)40-41-50(43-46(52)36-33-30-27-24-21-18-15-12-9-6-2)44-47(53)37-34-31-28-25-22-19-16-13-10-7-3/h45-48,51-53H,5-44H2,1-4H3. The van der Waals surface area contributed by atoms with Gasteiger partial charge in [0, 0.05) is 45.8 Å². The van der Waals surface area contributed by atoms with Crippen molar-refractivity contribution < 1.29 is 15.3 Å². The molecule has 4 N–H and O–H groups in total. The third-order valence-corrected chi connectivity index (χ3v) is 11.5. The largest absolute Gasteiger partial charge is 0.392 e. The van der Waals surface area contributed by atoms with E-state index in [0.717, 1.165) is 64.7 Å². The molecule has 0 radical (unpaired) electrons. The molecule has 0 bridgehead atoms. The van der Waals surface area contributed by atoms with E-state index in [1.807, 2.05) is 0 Å². The second kappa shape index (κ2) is 42.9. The predicted molar refractivity (Wildman–Crippen MR) is 234 cm³/mol. The Morgan fingerprint density at radius 2 is 0.679 bits per heavy atom. The van der Waals surface area contributed by atoms with E-state index < -0.39 is 0 Å². The molecule has 3 atom stereocenters. The number of nitrogens with zero attached hydrogens (tertiary/aromatic N) is 2. The first-order chi connectivity index (χ1) is 25.9. The molecule has 0 aliphatic rings. The monoisotopic (exact) mass is 754 g/mol. The number of aliphatic hydroxyl groups excluding tert-OH is 3. The summed E-state index contributed by atoms with van der Waals surface area (Å²) >= 11 is 0. The Hall–Kier alpha value is -0.240. The molecule has 0 saturated carbocycles. The zero-order valence-corrected chi connectivity index (χ0v) is 36.8. The second-order valence-corrected chi connectivity index (χ2v) is 17.1. The lowest BCUT2D eigenvalue weighted by atomic mass is 10.0. The van der Waals surface area contributed by atoms with E-state index in [-0.39, 0.29) is 18.3 Å². The summed E-state index contributed by atoms with van der Waals surface area (Å²) < 4.78 is 0. The van der Waals surface area contributed by atoms with Crippen molar-refractivity contribution in [1.82, 2.24) is 15.1 Å². The molecule has 0 rings (SSSR count). The fourth-order valence-corrected chi connectivity index (χ4v) is 7.70. The SMILES string of the molecule is CCCCCCCCCCCCC(O)CNCCN(C)CCN(CC(O)CCCCCCCCCCCC)CC(O)CCCCCCCCCCCC. The Labute approximate surface area is 333 Å². The Morgan fingerprint density at radius 1 is 0.377 bits per heavy atom. The van der Waals surface area contributed by atoms with Crippen LogP contribution in [0.4, 0.5) is 0 Å². The van der Waals surface area contributed by atoms with Crippen molar-refractivity contribution in [1.29, 1.82) is 0 Å². The number of hydrogen-bond donors (Lipinski definition) is 4. The van der Waals surface area contributed by atoms with E-state index in [4.69, 9.17) is 0 Å². The highest BCUT2D eigenvalue weighted by Gasteiger charge is 2.17. The van der Waals surface area contributed by atoms with Crippen molar-refractivity contribution in [2.75, 3.05) is 52.9 Å². The van der Waals surface area contributed by atoms with E-state index in [0.29, 0.717) is 19.6 Å². The van der Waals surface area contributed by atoms with Crippen LogP contribution < -0.4 is 5.32 Å². The van der Waals surface area contributed by atoms with Crippen LogP contribution in [0.3, 0.4) is 0 Å². The van der Waals surface area contributed by atoms with Gasteiger partial charge in [-0.15, -0.1) is 0 Å². The molecule has 0 aliphatic carbocycles. The number of hydrogen-bond acceptors (Lipinski definition) is 6. The van der Waals surface area contributed by atoms with Gasteiger partial charge in [-0.3, -0.25) is 4.90 Å². The number of unbranched alkanes of at least 4 members (excludes halogenated alkanes) is 27. The van der Waals surface area contributed by atoms with Gasteiger partial charge in [0.25, 0.3) is 0 Å². The lowest BCUT2D eigenvalue weighted by Crippen LogP contribution is -2.43. The first kappa shape index (κ1) is 52.8. The lowest BCUT2D eigenvalue weighted by Gasteiger charge is -2.29. The van der Waals surface area contributed by atoms with Crippen LogP contribution in [0.2, 0.25) is 0 Å². The van der Waals surface area contributed by atoms with E-state index >= 15 is 0 Å². The van der Waals surface area contributed by atoms with Crippen molar-refractivity contribution in [2.24, 2.45) is 0 Å². The summed E-state index contributed by atoms with van der Waals surface area (Å²) in [7, 11) is 2.17. The average Bonchev–Trinajstić information content (AvgIpc) is 3.14. The normalized spacial score (nSPS) is 13.8. The Bertz CT molecular complexity index is 651. The van der Waals surface area contributed by atoms with Crippen molar-refractivity contribution in [3.05, 3.63) is 0 Å². The van der Waals surface area contributed by atoms with E-state index in [1.54, 1.807) is 0 Å². The van der Waals surface area contributed by atoms with Gasteiger partial charge in [-0.1, -0.05) is 213 Å². The van der Waals surface area contributed by atoms with Gasteiger partial charge in [-0.05, 0) is 26.3 Å². The number of likely N-dealkylation sites (N-methyl/N-ethyl adjacent to an activating group) is 1. The Kier molecular flexibility index (Phi) is 42.7. The number of rotatable bonds is 45. The van der Waals surface area contributed by atoms with Crippen LogP contribution in [0.25, 0.3) is 0 Å². The summed E-state index contributed by atoms with van der Waals surface area (Å²) in [6.07, 6.45) is 41.4. The highest BCUT2D eigenvalue weighted by molar-refractivity contribution is 4.72. The Morgan fingerprint density at radius 3 is 1.02 bits per heavy atom. The molecular formula is C47H99N3O3. The zero-order chi connectivity index (χ0) is 38.9. The van der Waals surface area contributed by atoms with E-state index in [2.05, 4.69) is 42.9 Å². The highest BCUT2D eigenvalue weighted by Crippen LogP contribution is 2.15. The van der Waals surface area contributed by atoms with Crippen LogP contribution in [0.5, 0.6) is 0 Å². The second-order valence-electron chi connectivity index (χ2n) is 17.1. The summed E-state index contributed by atoms with van der Waals surface area (Å²) in [6.45, 7) is 12.4. The minimum Gasteiger partial charge on any atom is -0.392 e. The molecule has 0 fully saturated rings. The topological polar surface area (TPSA) is 79.2 Å². The molecular weight excluding hydrogens is 655 g/mol. The molecule has 3 unspecified atom stereocenters. The molecule has 6 nitrogen and oxygen atoms in total. The maximum atomic E-state index is 11.0. The zero-order valence-electron chi connectivity index (χ0n) is 36.8. The molecule has 320 valence electrons. The molecule has 0 aromatic rings. The van der Waals surface area contributed by atoms with Crippen LogP contribution in [-0.2, 0) is 0 Å². The molecule has 53 heavy (non-hydrogen) atoms. The van der Waals surface area contributed by atoms with Crippen LogP contribution >= 0.6 is 0 Å². The molecule has 0 aromatic carbocycles. The van der Waals surface area contributed by atoms with E-state index in [9.17, 15) is 15.3 Å². The average molecular weight is 754 g/mol. The lowest BCUT2D eigenvalue weighted by molar-refractivity contribution is 0.0563. The molecule has 0 aromatic heterocycles. The smallest absolute Gasteiger partial charge is 0.0667 e. The molecule has 0 heterocycles. The first-order valence-electron chi connectivity index (χ1n) is 24.1. The summed E-state index contributed by atoms with van der Waals surface area (Å²) in [5, 5.41) is 35.9. The molecule has 0 aliphatic heterocycles. The predicted octanol–water partition coefficient (Wildman–Crippen LogP) is 11.8. The van der Waals surface area contributed by atoms with Gasteiger partial charge < -0.3 is 25.5 Å². The molecule has 0 saturated heterocycles. The minimum absolute atomic E-state index is 0.251. The van der Waals surface area contributed by atoms with Gasteiger partial charge in [0.15, 0.2) is 0 Å². The van der Waals surface area contributed by atoms with Crippen LogP contribution in [0.15, 0.2) is 0 Å². The molecule has 0 amide bonds. The third kappa shape index (κ3) is 41.2. The van der Waals surface area contributed by atoms with Gasteiger partial charge in [-0.25, -0.2) is 0 Å². The summed E-state index contributed by atoms with van der Waals surface area (Å²) in [5.41, 5.74) is 0. The third-order valence-electron chi connectivity index (χ3n) is 11.5. The fraction of sp³-hybridized carbons (Fsp3) is 1.00. The highest BCUT2D eigenvalue weighted by atomic mass is 16.3. The van der Waals surface area contributed by atoms with Crippen LogP contribution in [-0.4, -0.2) is 96.3 Å². The fourth-order valence-electron chi connectivity index (χ4n) is 7.70. The maximum absolute atomic E-state index is 11.0. The molecule has 0 spiro atoms. The van der Waals surface area contributed by atoms with Crippen molar-refractivity contribution in [3.8, 4) is 0 Å². The van der Waals surface area contributed by atoms with Crippen LogP contribution in [0, 0.1) is 0 Å². The van der Waals surface area contributed by atoms with Gasteiger partial charge in [0.1, 0.15) is 0 Å². The van der Waals surface area contributed by atoms with Crippen LogP contribution in [0.1, 0.15) is 233 Å². The van der Waals surface area contributed by atoms with Crippen molar-refractivity contribution in [2.45, 2.75) is 251 Å². The van der Waals surface area contributed by atoms with Crippen molar-refractivity contribution in [3.63, 3.8) is 0 Å². The van der Waals surface area contributed by atoms with E-state index in [1.165, 1.54) is 173 Å². The molecule has 6 heteroatoms. The summed E-state index contributed by atoms with van der Waals surface area (Å²) in [6, 6.07) is 0. The van der Waals surface area contributed by atoms with Gasteiger partial charge in [0.05, 0.1) is 18.3 Å². The van der Waals surface area contributed by atoms with Gasteiger partial charge in [0.2, 0.25) is 0 Å². The minimum atomic E-state index is -0.322. The van der Waals surface area contributed by atoms with Gasteiger partial charge >= 0.3 is 0 Å². The number of aliphatic hydroxyl groups is 3. The quantitative estimate of drug-likeness (QED) is 0.0464. The summed E-state index contributed by atoms with van der Waals surface area (Å²) in [5.74, 6) is 0. The first-order valence-corrected chi connectivity index (χ1v) is 24.1. The van der Waals surface area contributed by atoms with Crippen molar-refractivity contribution >= 4 is 0 Å². The Balaban J connectivity index is 4.35. The number of nitrogens with one attached hydrogen (secondary N) is 1. The van der Waals surface area contributed by atoms with Gasteiger partial charge in [-0.2, -0.15) is 0 Å². The maximum Gasteiger partial charge on any atom is 0.0667 e. The summed E-state index contributed by atoms with van der Waals surface area (Å²) in [4.78, 5) is 4.67.